The zero-order valence-corrected chi connectivity index (χ0v) is 17.7. The van der Waals surface area contributed by atoms with Gasteiger partial charge in [-0.2, -0.15) is 0 Å². The van der Waals surface area contributed by atoms with Crippen LogP contribution in [0, 0.1) is 19.3 Å². The van der Waals surface area contributed by atoms with Crippen molar-refractivity contribution in [1.82, 2.24) is 4.98 Å². The lowest BCUT2D eigenvalue weighted by Gasteiger charge is -2.19. The molecule has 5 heteroatoms. The van der Waals surface area contributed by atoms with Gasteiger partial charge in [-0.15, -0.1) is 11.8 Å². The van der Waals surface area contributed by atoms with E-state index in [-0.39, 0.29) is 11.4 Å². The fourth-order valence-corrected chi connectivity index (χ4v) is 3.91. The van der Waals surface area contributed by atoms with Crippen LogP contribution in [-0.2, 0) is 4.74 Å². The Morgan fingerprint density at radius 3 is 2.24 bits per heavy atom. The average Bonchev–Trinajstić information content (AvgIpc) is 2.94. The van der Waals surface area contributed by atoms with E-state index in [4.69, 9.17) is 9.73 Å². The molecule has 0 unspecified atom stereocenters. The van der Waals surface area contributed by atoms with Crippen molar-refractivity contribution in [2.75, 3.05) is 6.26 Å². The standard InChI is InChI=1S/C20H30N2O2S/c1-11-12(2)16(17(23)24-19(4,5)6)22-15(11)13(3)14-10-20(7,8)18(21-14)25-9/h22H,10H2,1-9H3/b14-13+. The van der Waals surface area contributed by atoms with E-state index in [2.05, 4.69) is 32.0 Å². The van der Waals surface area contributed by atoms with Crippen molar-refractivity contribution in [2.45, 2.75) is 67.4 Å². The molecule has 1 aliphatic heterocycles. The number of H-pyrrole nitrogens is 1. The van der Waals surface area contributed by atoms with E-state index in [1.165, 1.54) is 0 Å². The number of nitrogens with one attached hydrogen (secondary N) is 1. The molecule has 0 aromatic carbocycles. The minimum atomic E-state index is -0.511. The molecule has 0 aliphatic carbocycles. The number of hydrogen-bond acceptors (Lipinski definition) is 4. The predicted molar refractivity (Wildman–Crippen MR) is 107 cm³/mol. The van der Waals surface area contributed by atoms with Gasteiger partial charge >= 0.3 is 5.97 Å². The molecule has 0 saturated heterocycles. The number of aromatic amines is 1. The number of aromatic nitrogens is 1. The van der Waals surface area contributed by atoms with E-state index in [9.17, 15) is 4.79 Å². The van der Waals surface area contributed by atoms with Crippen molar-refractivity contribution in [3.8, 4) is 0 Å². The fourth-order valence-electron chi connectivity index (χ4n) is 3.09. The largest absolute Gasteiger partial charge is 0.455 e. The molecule has 0 spiro atoms. The van der Waals surface area contributed by atoms with Gasteiger partial charge in [0.15, 0.2) is 0 Å². The molecule has 1 aromatic rings. The van der Waals surface area contributed by atoms with Crippen LogP contribution in [0.15, 0.2) is 10.7 Å². The Morgan fingerprint density at radius 1 is 1.20 bits per heavy atom. The highest BCUT2D eigenvalue weighted by molar-refractivity contribution is 8.13. The first-order valence-electron chi connectivity index (χ1n) is 8.63. The Hall–Kier alpha value is -1.49. The van der Waals surface area contributed by atoms with Crippen LogP contribution < -0.4 is 0 Å². The predicted octanol–water partition coefficient (Wildman–Crippen LogP) is 5.51. The van der Waals surface area contributed by atoms with Crippen LogP contribution in [0.5, 0.6) is 0 Å². The molecule has 2 rings (SSSR count). The second-order valence-corrected chi connectivity index (χ2v) is 9.18. The molecule has 138 valence electrons. The van der Waals surface area contributed by atoms with Gasteiger partial charge in [0.2, 0.25) is 0 Å². The van der Waals surface area contributed by atoms with Crippen molar-refractivity contribution in [3.05, 3.63) is 28.2 Å². The number of aliphatic imine (C=N–C) groups is 1. The molecule has 4 nitrogen and oxygen atoms in total. The molecule has 0 bridgehead atoms. The summed E-state index contributed by atoms with van der Waals surface area (Å²) < 4.78 is 5.53. The Kier molecular flexibility index (Phi) is 5.29. The van der Waals surface area contributed by atoms with Gasteiger partial charge in [0.25, 0.3) is 0 Å². The lowest BCUT2D eigenvalue weighted by molar-refractivity contribution is 0.00627. The van der Waals surface area contributed by atoms with Crippen LogP contribution in [0.1, 0.15) is 75.3 Å². The lowest BCUT2D eigenvalue weighted by atomic mass is 9.90. The maximum atomic E-state index is 12.5. The van der Waals surface area contributed by atoms with E-state index in [0.29, 0.717) is 5.69 Å². The van der Waals surface area contributed by atoms with Crippen molar-refractivity contribution in [2.24, 2.45) is 10.4 Å². The Labute approximate surface area is 155 Å². The number of rotatable bonds is 2. The number of hydrogen-bond donors (Lipinski definition) is 1. The van der Waals surface area contributed by atoms with Gasteiger partial charge in [0.05, 0.1) is 5.04 Å². The number of carbonyl (C=O) groups excluding carboxylic acids is 1. The van der Waals surface area contributed by atoms with E-state index < -0.39 is 5.60 Å². The summed E-state index contributed by atoms with van der Waals surface area (Å²) in [4.78, 5) is 20.6. The van der Waals surface area contributed by atoms with Crippen molar-refractivity contribution in [1.29, 1.82) is 0 Å². The Morgan fingerprint density at radius 2 is 1.76 bits per heavy atom. The SMILES string of the molecule is CSC1=N/C(=C(\C)c2[nH]c(C(=O)OC(C)(C)C)c(C)c2C)CC1(C)C. The Bertz CT molecular complexity index is 761. The summed E-state index contributed by atoms with van der Waals surface area (Å²) >= 11 is 1.71. The number of allylic oxidation sites excluding steroid dienone is 2. The first kappa shape index (κ1) is 19.8. The van der Waals surface area contributed by atoms with Crippen molar-refractivity contribution < 1.29 is 9.53 Å². The molecule has 1 aromatic heterocycles. The molecule has 0 radical (unpaired) electrons. The van der Waals surface area contributed by atoms with Gasteiger partial charge in [-0.25, -0.2) is 4.79 Å². The maximum Gasteiger partial charge on any atom is 0.355 e. The molecular formula is C20H30N2O2S. The van der Waals surface area contributed by atoms with Gasteiger partial charge in [0.1, 0.15) is 11.3 Å². The molecule has 0 atom stereocenters. The topological polar surface area (TPSA) is 54.5 Å². The molecule has 2 heterocycles. The number of ether oxygens (including phenoxy) is 1. The van der Waals surface area contributed by atoms with Gasteiger partial charge in [-0.05, 0) is 64.5 Å². The summed E-state index contributed by atoms with van der Waals surface area (Å²) in [5.41, 5.74) is 5.29. The molecular weight excluding hydrogens is 332 g/mol. The first-order valence-corrected chi connectivity index (χ1v) is 9.85. The van der Waals surface area contributed by atoms with Crippen LogP contribution in [0.2, 0.25) is 0 Å². The highest BCUT2D eigenvalue weighted by Crippen LogP contribution is 2.42. The van der Waals surface area contributed by atoms with Gasteiger partial charge in [-0.1, -0.05) is 13.8 Å². The van der Waals surface area contributed by atoms with Gasteiger partial charge in [0, 0.05) is 23.2 Å². The number of thioether (sulfide) groups is 1. The zero-order valence-electron chi connectivity index (χ0n) is 16.9. The highest BCUT2D eigenvalue weighted by atomic mass is 32.2. The minimum Gasteiger partial charge on any atom is -0.455 e. The van der Waals surface area contributed by atoms with Crippen molar-refractivity contribution in [3.63, 3.8) is 0 Å². The third kappa shape index (κ3) is 4.02. The third-order valence-corrected chi connectivity index (χ3v) is 5.62. The summed E-state index contributed by atoms with van der Waals surface area (Å²) in [5.74, 6) is -0.308. The Balaban J connectivity index is 2.45. The normalized spacial score (nSPS) is 19.0. The van der Waals surface area contributed by atoms with E-state index in [0.717, 1.165) is 39.6 Å². The van der Waals surface area contributed by atoms with Crippen LogP contribution in [-0.4, -0.2) is 27.9 Å². The highest BCUT2D eigenvalue weighted by Gasteiger charge is 2.33. The molecule has 0 saturated carbocycles. The minimum absolute atomic E-state index is 0.0690. The summed E-state index contributed by atoms with van der Waals surface area (Å²) in [6, 6.07) is 0. The monoisotopic (exact) mass is 362 g/mol. The van der Waals surface area contributed by atoms with Crippen molar-refractivity contribution >= 4 is 28.3 Å². The smallest absolute Gasteiger partial charge is 0.355 e. The maximum absolute atomic E-state index is 12.5. The number of esters is 1. The summed E-state index contributed by atoms with van der Waals surface area (Å²) in [6.45, 7) is 16.2. The molecule has 1 N–H and O–H groups in total. The van der Waals surface area contributed by atoms with Gasteiger partial charge < -0.3 is 9.72 Å². The summed E-state index contributed by atoms with van der Waals surface area (Å²) in [6.07, 6.45) is 2.98. The molecule has 0 fully saturated rings. The van der Waals surface area contributed by atoms with Gasteiger partial charge in [-0.3, -0.25) is 4.99 Å². The zero-order chi connectivity index (χ0) is 19.2. The van der Waals surface area contributed by atoms with E-state index >= 15 is 0 Å². The van der Waals surface area contributed by atoms with Crippen LogP contribution >= 0.6 is 11.8 Å². The molecule has 0 amide bonds. The van der Waals surface area contributed by atoms with E-state index in [1.807, 2.05) is 34.6 Å². The number of carbonyl (C=O) groups is 1. The third-order valence-electron chi connectivity index (χ3n) is 4.59. The first-order chi connectivity index (χ1) is 11.4. The van der Waals surface area contributed by atoms with Crippen LogP contribution in [0.4, 0.5) is 0 Å². The summed E-state index contributed by atoms with van der Waals surface area (Å²) in [5, 5.41) is 1.16. The molecule has 25 heavy (non-hydrogen) atoms. The fraction of sp³-hybridized carbons (Fsp3) is 0.600. The second-order valence-electron chi connectivity index (χ2n) is 8.38. The van der Waals surface area contributed by atoms with E-state index in [1.54, 1.807) is 11.8 Å². The lowest BCUT2D eigenvalue weighted by Crippen LogP contribution is -2.24. The number of nitrogens with zero attached hydrogens (tertiary/aromatic N) is 1. The quantitative estimate of drug-likeness (QED) is 0.706. The van der Waals surface area contributed by atoms with Crippen LogP contribution in [0.25, 0.3) is 5.57 Å². The second kappa shape index (κ2) is 6.67. The van der Waals surface area contributed by atoms with Crippen LogP contribution in [0.3, 0.4) is 0 Å². The summed E-state index contributed by atoms with van der Waals surface area (Å²) in [7, 11) is 0. The molecule has 1 aliphatic rings. The average molecular weight is 363 g/mol.